The van der Waals surface area contributed by atoms with E-state index in [9.17, 15) is 14.4 Å². The summed E-state index contributed by atoms with van der Waals surface area (Å²) in [6.07, 6.45) is 0. The van der Waals surface area contributed by atoms with E-state index >= 15 is 0 Å². The number of fused-ring (bicyclic) bond motifs is 1. The van der Waals surface area contributed by atoms with Crippen LogP contribution in [0.4, 0.5) is 5.82 Å². The van der Waals surface area contributed by atoms with Crippen LogP contribution in [0.2, 0.25) is 0 Å². The number of pyridine rings is 1. The molecule has 0 unspecified atom stereocenters. The van der Waals surface area contributed by atoms with Crippen molar-refractivity contribution in [1.82, 2.24) is 9.88 Å². The van der Waals surface area contributed by atoms with Gasteiger partial charge in [0.15, 0.2) is 0 Å². The van der Waals surface area contributed by atoms with E-state index in [2.05, 4.69) is 10.3 Å². The van der Waals surface area contributed by atoms with Crippen molar-refractivity contribution in [3.63, 3.8) is 0 Å². The lowest BCUT2D eigenvalue weighted by Gasteiger charge is -2.18. The summed E-state index contributed by atoms with van der Waals surface area (Å²) in [6.45, 7) is 5.49. The molecule has 0 radical (unpaired) electrons. The molecule has 1 aliphatic rings. The molecule has 26 heavy (non-hydrogen) atoms. The maximum absolute atomic E-state index is 12.4. The van der Waals surface area contributed by atoms with Gasteiger partial charge in [-0.15, -0.1) is 0 Å². The third-order valence-corrected chi connectivity index (χ3v) is 3.93. The first-order valence-corrected chi connectivity index (χ1v) is 8.00. The molecule has 2 aromatic rings. The highest BCUT2D eigenvalue weighted by Gasteiger charge is 2.35. The van der Waals surface area contributed by atoms with Crippen molar-refractivity contribution in [1.29, 1.82) is 0 Å². The zero-order valence-corrected chi connectivity index (χ0v) is 14.4. The van der Waals surface area contributed by atoms with Crippen LogP contribution in [0.1, 0.15) is 56.0 Å². The van der Waals surface area contributed by atoms with E-state index in [0.29, 0.717) is 22.6 Å². The van der Waals surface area contributed by atoms with Gasteiger partial charge in [0, 0.05) is 6.84 Å². The third-order valence-electron chi connectivity index (χ3n) is 3.93. The second kappa shape index (κ2) is 7.07. The molecular weight excluding hydrogens is 330 g/mol. The van der Waals surface area contributed by atoms with Crippen LogP contribution in [-0.2, 0) is 11.3 Å². The van der Waals surface area contributed by atoms with E-state index in [0.717, 1.165) is 0 Å². The first kappa shape index (κ1) is 19.3. The van der Waals surface area contributed by atoms with Gasteiger partial charge in [0.25, 0.3) is 11.8 Å². The van der Waals surface area contributed by atoms with Gasteiger partial charge in [-0.05, 0) is 24.3 Å². The molecule has 3 amide bonds. The summed E-state index contributed by atoms with van der Waals surface area (Å²) in [6, 6.07) is 11.9. The normalized spacial score (nSPS) is 13.3. The van der Waals surface area contributed by atoms with Crippen LogP contribution in [0, 0.1) is 5.41 Å². The van der Waals surface area contributed by atoms with Crippen molar-refractivity contribution in [2.45, 2.75) is 34.7 Å². The van der Waals surface area contributed by atoms with Crippen LogP contribution in [0.15, 0.2) is 42.5 Å². The number of aromatic nitrogens is 1. The predicted octanol–water partition coefficient (Wildman–Crippen LogP) is 3.74. The van der Waals surface area contributed by atoms with E-state index < -0.39 is 5.41 Å². The molecule has 2 heterocycles. The Labute approximate surface area is 154 Å². The van der Waals surface area contributed by atoms with Crippen LogP contribution < -0.4 is 5.32 Å². The fraction of sp³-hybridized carbons (Fsp3) is 0.300. The number of imide groups is 1. The third kappa shape index (κ3) is 3.64. The average Bonchev–Trinajstić information content (AvgIpc) is 2.80. The van der Waals surface area contributed by atoms with Gasteiger partial charge < -0.3 is 5.32 Å². The van der Waals surface area contributed by atoms with E-state index in [-0.39, 0.29) is 33.1 Å². The predicted molar refractivity (Wildman–Crippen MR) is 102 cm³/mol. The highest BCUT2D eigenvalue weighted by atomic mass is 16.2. The van der Waals surface area contributed by atoms with Gasteiger partial charge in [0.2, 0.25) is 5.91 Å². The second-order valence-electron chi connectivity index (χ2n) is 6.96. The molecule has 0 aliphatic carbocycles. The lowest BCUT2D eigenvalue weighted by atomic mass is 9.96. The Morgan fingerprint density at radius 3 is 2.15 bits per heavy atom. The minimum Gasteiger partial charge on any atom is -0.310 e. The van der Waals surface area contributed by atoms with Crippen molar-refractivity contribution >= 4 is 23.5 Å². The number of hydrogen-bond acceptors (Lipinski definition) is 4. The SMILES string of the molecule is C.CC(C)(C)C(=O)Nc1cccc(CN2C(=O)c3ccccc3C2=O)n1.[HH]. The summed E-state index contributed by atoms with van der Waals surface area (Å²) in [5.74, 6) is -0.412. The highest BCUT2D eigenvalue weighted by Crippen LogP contribution is 2.24. The molecule has 1 aromatic carbocycles. The number of hydrogen-bond donors (Lipinski definition) is 1. The molecule has 0 bridgehead atoms. The largest absolute Gasteiger partial charge is 0.310 e. The fourth-order valence-corrected chi connectivity index (χ4v) is 2.49. The van der Waals surface area contributed by atoms with Gasteiger partial charge in [-0.25, -0.2) is 4.98 Å². The van der Waals surface area contributed by atoms with E-state index in [1.807, 2.05) is 20.8 Å². The van der Waals surface area contributed by atoms with Crippen LogP contribution >= 0.6 is 0 Å². The second-order valence-corrected chi connectivity index (χ2v) is 6.96. The Hall–Kier alpha value is -3.02. The molecule has 138 valence electrons. The van der Waals surface area contributed by atoms with Gasteiger partial charge in [-0.1, -0.05) is 46.4 Å². The molecule has 6 nitrogen and oxygen atoms in total. The summed E-state index contributed by atoms with van der Waals surface area (Å²) in [5, 5.41) is 2.75. The Morgan fingerprint density at radius 1 is 1.04 bits per heavy atom. The van der Waals surface area contributed by atoms with Crippen molar-refractivity contribution in [2.75, 3.05) is 5.32 Å². The number of nitrogens with one attached hydrogen (secondary N) is 1. The maximum atomic E-state index is 12.4. The number of nitrogens with zero attached hydrogens (tertiary/aromatic N) is 2. The number of anilines is 1. The van der Waals surface area contributed by atoms with Gasteiger partial charge in [-0.2, -0.15) is 0 Å². The standard InChI is InChI=1S/C19H19N3O3.CH4.H2/c1-19(2,3)18(25)21-15-10-6-7-12(20-15)11-22-16(23)13-8-4-5-9-14(13)17(22)24;;/h4-10H,11H2,1-3H3,(H,20,21,25);1H4;1H. The van der Waals surface area contributed by atoms with Gasteiger partial charge in [0.05, 0.1) is 23.4 Å². The average molecular weight is 355 g/mol. The molecule has 0 saturated heterocycles. The Kier molecular flexibility index (Phi) is 5.25. The van der Waals surface area contributed by atoms with Crippen molar-refractivity contribution in [3.05, 3.63) is 59.3 Å². The zero-order chi connectivity index (χ0) is 18.2. The highest BCUT2D eigenvalue weighted by molar-refractivity contribution is 6.21. The Bertz CT molecular complexity index is 840. The van der Waals surface area contributed by atoms with Crippen molar-refractivity contribution in [3.8, 4) is 0 Å². The molecule has 1 aliphatic heterocycles. The van der Waals surface area contributed by atoms with Gasteiger partial charge in [-0.3, -0.25) is 19.3 Å². The summed E-state index contributed by atoms with van der Waals surface area (Å²) >= 11 is 0. The van der Waals surface area contributed by atoms with Crippen LogP contribution in [0.3, 0.4) is 0 Å². The molecule has 0 atom stereocenters. The van der Waals surface area contributed by atoms with Crippen LogP contribution in [0.5, 0.6) is 0 Å². The molecular formula is C20H25N3O3. The first-order valence-electron chi connectivity index (χ1n) is 8.00. The fourth-order valence-electron chi connectivity index (χ4n) is 2.49. The number of carbonyl (C=O) groups is 3. The minimum atomic E-state index is -0.541. The Morgan fingerprint density at radius 2 is 1.62 bits per heavy atom. The summed E-state index contributed by atoms with van der Waals surface area (Å²) in [4.78, 5) is 42.4. The number of rotatable bonds is 3. The van der Waals surface area contributed by atoms with E-state index in [1.165, 1.54) is 4.90 Å². The molecule has 0 saturated carbocycles. The van der Waals surface area contributed by atoms with Crippen molar-refractivity contribution < 1.29 is 15.8 Å². The van der Waals surface area contributed by atoms with E-state index in [1.54, 1.807) is 42.5 Å². The summed E-state index contributed by atoms with van der Waals surface area (Å²) < 4.78 is 0. The number of carbonyl (C=O) groups excluding carboxylic acids is 3. The number of benzene rings is 1. The first-order chi connectivity index (χ1) is 11.8. The smallest absolute Gasteiger partial charge is 0.261 e. The maximum Gasteiger partial charge on any atom is 0.261 e. The summed E-state index contributed by atoms with van der Waals surface area (Å²) in [5.41, 5.74) is 0.802. The quantitative estimate of drug-likeness (QED) is 0.851. The zero-order valence-electron chi connectivity index (χ0n) is 14.4. The molecule has 0 fully saturated rings. The minimum absolute atomic E-state index is 0. The van der Waals surface area contributed by atoms with Crippen LogP contribution in [-0.4, -0.2) is 27.6 Å². The Balaban J connectivity index is 0.00000182. The van der Waals surface area contributed by atoms with Crippen molar-refractivity contribution in [2.24, 2.45) is 5.41 Å². The molecule has 1 aromatic heterocycles. The molecule has 0 spiro atoms. The summed E-state index contributed by atoms with van der Waals surface area (Å²) in [7, 11) is 0. The molecule has 3 rings (SSSR count). The van der Waals surface area contributed by atoms with Crippen LogP contribution in [0.25, 0.3) is 0 Å². The molecule has 1 N–H and O–H groups in total. The number of amides is 3. The topological polar surface area (TPSA) is 79.4 Å². The monoisotopic (exact) mass is 355 g/mol. The van der Waals surface area contributed by atoms with E-state index in [4.69, 9.17) is 0 Å². The van der Waals surface area contributed by atoms with Gasteiger partial charge >= 0.3 is 0 Å². The lowest BCUT2D eigenvalue weighted by molar-refractivity contribution is -0.123. The molecule has 6 heteroatoms. The lowest BCUT2D eigenvalue weighted by Crippen LogP contribution is -2.30. The van der Waals surface area contributed by atoms with Gasteiger partial charge in [0.1, 0.15) is 5.82 Å².